The quantitative estimate of drug-likeness (QED) is 0.748. The average Bonchev–Trinajstić information content (AvgIpc) is 2.84. The van der Waals surface area contributed by atoms with Gasteiger partial charge in [-0.05, 0) is 24.3 Å². The molecule has 0 aliphatic carbocycles. The molecule has 1 aromatic heterocycles. The third-order valence-corrected chi connectivity index (χ3v) is 2.81. The van der Waals surface area contributed by atoms with Gasteiger partial charge in [0.2, 0.25) is 0 Å². The summed E-state index contributed by atoms with van der Waals surface area (Å²) in [5, 5.41) is 0. The van der Waals surface area contributed by atoms with Gasteiger partial charge in [0.05, 0.1) is 12.6 Å². The standard InChI is InChI=1S/C14H11FN2O/c1-18-10-5-2-4-9(8-10)14-16-12-7-3-6-11(15)13(12)17-14/h2-8H,1H3,(H,16,17). The number of aromatic amines is 1. The molecule has 3 aromatic rings. The first-order valence-electron chi connectivity index (χ1n) is 5.56. The Kier molecular flexibility index (Phi) is 2.48. The number of H-pyrrole nitrogens is 1. The minimum Gasteiger partial charge on any atom is -0.497 e. The van der Waals surface area contributed by atoms with Gasteiger partial charge in [0, 0.05) is 5.56 Å². The number of imidazole rings is 1. The van der Waals surface area contributed by atoms with Crippen LogP contribution in [-0.2, 0) is 0 Å². The average molecular weight is 242 g/mol. The Bertz CT molecular complexity index is 706. The molecule has 90 valence electrons. The van der Waals surface area contributed by atoms with Gasteiger partial charge in [-0.15, -0.1) is 0 Å². The SMILES string of the molecule is COc1cccc(-c2nc3c(F)cccc3[nH]2)c1. The maximum Gasteiger partial charge on any atom is 0.151 e. The highest BCUT2D eigenvalue weighted by atomic mass is 19.1. The molecule has 3 rings (SSSR count). The number of nitrogens with one attached hydrogen (secondary N) is 1. The molecule has 0 saturated heterocycles. The van der Waals surface area contributed by atoms with Gasteiger partial charge in [0.25, 0.3) is 0 Å². The highest BCUT2D eigenvalue weighted by molar-refractivity contribution is 5.80. The summed E-state index contributed by atoms with van der Waals surface area (Å²) >= 11 is 0. The molecule has 0 aliphatic rings. The lowest BCUT2D eigenvalue weighted by Gasteiger charge is -2.01. The van der Waals surface area contributed by atoms with E-state index < -0.39 is 0 Å². The summed E-state index contributed by atoms with van der Waals surface area (Å²) in [6.45, 7) is 0. The molecular weight excluding hydrogens is 231 g/mol. The predicted molar refractivity (Wildman–Crippen MR) is 68.0 cm³/mol. The van der Waals surface area contributed by atoms with Crippen molar-refractivity contribution in [3.63, 3.8) is 0 Å². The van der Waals surface area contributed by atoms with Crippen molar-refractivity contribution in [2.45, 2.75) is 0 Å². The zero-order valence-corrected chi connectivity index (χ0v) is 9.77. The van der Waals surface area contributed by atoms with E-state index in [1.54, 1.807) is 19.2 Å². The van der Waals surface area contributed by atoms with Crippen LogP contribution in [0, 0.1) is 5.82 Å². The van der Waals surface area contributed by atoms with Crippen LogP contribution in [0.2, 0.25) is 0 Å². The first-order chi connectivity index (χ1) is 8.78. The molecule has 1 heterocycles. The minimum absolute atomic E-state index is 0.321. The molecule has 4 heteroatoms. The summed E-state index contributed by atoms with van der Waals surface area (Å²) in [5.41, 5.74) is 1.91. The Hall–Kier alpha value is -2.36. The van der Waals surface area contributed by atoms with E-state index in [1.165, 1.54) is 6.07 Å². The molecule has 0 bridgehead atoms. The summed E-state index contributed by atoms with van der Waals surface area (Å²) in [6.07, 6.45) is 0. The number of fused-ring (bicyclic) bond motifs is 1. The van der Waals surface area contributed by atoms with E-state index in [9.17, 15) is 4.39 Å². The van der Waals surface area contributed by atoms with Gasteiger partial charge in [0.15, 0.2) is 5.82 Å². The smallest absolute Gasteiger partial charge is 0.151 e. The zero-order valence-electron chi connectivity index (χ0n) is 9.77. The van der Waals surface area contributed by atoms with Gasteiger partial charge in [0.1, 0.15) is 17.1 Å². The van der Waals surface area contributed by atoms with Gasteiger partial charge in [-0.2, -0.15) is 0 Å². The fraction of sp³-hybridized carbons (Fsp3) is 0.0714. The van der Waals surface area contributed by atoms with Crippen molar-refractivity contribution < 1.29 is 9.13 Å². The zero-order chi connectivity index (χ0) is 12.5. The Morgan fingerprint density at radius 3 is 2.78 bits per heavy atom. The van der Waals surface area contributed by atoms with Crippen molar-refractivity contribution in [1.82, 2.24) is 9.97 Å². The van der Waals surface area contributed by atoms with Crippen molar-refractivity contribution >= 4 is 11.0 Å². The topological polar surface area (TPSA) is 37.9 Å². The first kappa shape index (κ1) is 10.8. The molecule has 0 aliphatic heterocycles. The second-order valence-electron chi connectivity index (χ2n) is 3.95. The van der Waals surface area contributed by atoms with E-state index in [0.29, 0.717) is 16.9 Å². The number of para-hydroxylation sites is 1. The van der Waals surface area contributed by atoms with Crippen molar-refractivity contribution in [2.24, 2.45) is 0 Å². The molecule has 1 N–H and O–H groups in total. The molecule has 3 nitrogen and oxygen atoms in total. The highest BCUT2D eigenvalue weighted by Gasteiger charge is 2.08. The molecule has 0 saturated carbocycles. The number of halogens is 1. The number of aromatic nitrogens is 2. The van der Waals surface area contributed by atoms with Crippen LogP contribution in [0.1, 0.15) is 0 Å². The number of nitrogens with zero attached hydrogens (tertiary/aromatic N) is 1. The van der Waals surface area contributed by atoms with Crippen molar-refractivity contribution in [1.29, 1.82) is 0 Å². The summed E-state index contributed by atoms with van der Waals surface area (Å²) in [4.78, 5) is 7.37. The van der Waals surface area contributed by atoms with Crippen LogP contribution < -0.4 is 4.74 Å². The summed E-state index contributed by atoms with van der Waals surface area (Å²) in [5.74, 6) is 1.06. The number of rotatable bonds is 2. The van der Waals surface area contributed by atoms with Gasteiger partial charge in [-0.3, -0.25) is 0 Å². The Morgan fingerprint density at radius 1 is 1.17 bits per heavy atom. The van der Waals surface area contributed by atoms with E-state index in [4.69, 9.17) is 4.74 Å². The Labute approximate surface area is 103 Å². The van der Waals surface area contributed by atoms with Crippen LogP contribution in [0.15, 0.2) is 42.5 Å². The molecule has 0 amide bonds. The molecule has 0 radical (unpaired) electrons. The van der Waals surface area contributed by atoms with Crippen LogP contribution in [0.25, 0.3) is 22.4 Å². The second kappa shape index (κ2) is 4.14. The lowest BCUT2D eigenvalue weighted by atomic mass is 10.2. The summed E-state index contributed by atoms with van der Waals surface area (Å²) < 4.78 is 18.7. The number of ether oxygens (including phenoxy) is 1. The maximum atomic E-state index is 13.6. The van der Waals surface area contributed by atoms with E-state index in [-0.39, 0.29) is 5.82 Å². The third-order valence-electron chi connectivity index (χ3n) is 2.81. The van der Waals surface area contributed by atoms with Crippen molar-refractivity contribution in [2.75, 3.05) is 7.11 Å². The lowest BCUT2D eigenvalue weighted by Crippen LogP contribution is -1.84. The molecule has 0 fully saturated rings. The molecule has 18 heavy (non-hydrogen) atoms. The van der Waals surface area contributed by atoms with E-state index in [0.717, 1.165) is 11.3 Å². The summed E-state index contributed by atoms with van der Waals surface area (Å²) in [7, 11) is 1.61. The Morgan fingerprint density at radius 2 is 2.00 bits per heavy atom. The third kappa shape index (κ3) is 1.72. The molecule has 0 atom stereocenters. The van der Waals surface area contributed by atoms with Gasteiger partial charge >= 0.3 is 0 Å². The fourth-order valence-electron chi connectivity index (χ4n) is 1.90. The molecule has 0 unspecified atom stereocenters. The molecule has 0 spiro atoms. The van der Waals surface area contributed by atoms with Crippen LogP contribution >= 0.6 is 0 Å². The van der Waals surface area contributed by atoms with Crippen LogP contribution in [0.4, 0.5) is 4.39 Å². The van der Waals surface area contributed by atoms with Gasteiger partial charge in [-0.1, -0.05) is 18.2 Å². The predicted octanol–water partition coefficient (Wildman–Crippen LogP) is 3.38. The largest absolute Gasteiger partial charge is 0.497 e. The van der Waals surface area contributed by atoms with E-state index in [1.807, 2.05) is 24.3 Å². The van der Waals surface area contributed by atoms with Gasteiger partial charge < -0.3 is 9.72 Å². The number of hydrogen-bond donors (Lipinski definition) is 1. The lowest BCUT2D eigenvalue weighted by molar-refractivity contribution is 0.415. The molecular formula is C14H11FN2O. The van der Waals surface area contributed by atoms with E-state index >= 15 is 0 Å². The van der Waals surface area contributed by atoms with Crippen molar-refractivity contribution in [3.05, 3.63) is 48.3 Å². The summed E-state index contributed by atoms with van der Waals surface area (Å²) in [6, 6.07) is 12.3. The van der Waals surface area contributed by atoms with E-state index in [2.05, 4.69) is 9.97 Å². The number of hydrogen-bond acceptors (Lipinski definition) is 2. The second-order valence-corrected chi connectivity index (χ2v) is 3.95. The number of benzene rings is 2. The number of methoxy groups -OCH3 is 1. The van der Waals surface area contributed by atoms with Crippen LogP contribution in [0.5, 0.6) is 5.75 Å². The Balaban J connectivity index is 2.16. The van der Waals surface area contributed by atoms with Crippen LogP contribution in [0.3, 0.4) is 0 Å². The van der Waals surface area contributed by atoms with Crippen LogP contribution in [-0.4, -0.2) is 17.1 Å². The minimum atomic E-state index is -0.321. The highest BCUT2D eigenvalue weighted by Crippen LogP contribution is 2.24. The van der Waals surface area contributed by atoms with Gasteiger partial charge in [-0.25, -0.2) is 9.37 Å². The maximum absolute atomic E-state index is 13.6. The first-order valence-corrected chi connectivity index (χ1v) is 5.56. The fourth-order valence-corrected chi connectivity index (χ4v) is 1.90. The van der Waals surface area contributed by atoms with Crippen molar-refractivity contribution in [3.8, 4) is 17.1 Å². The monoisotopic (exact) mass is 242 g/mol. The molecule has 2 aromatic carbocycles. The normalized spacial score (nSPS) is 10.8.